The van der Waals surface area contributed by atoms with Crippen molar-refractivity contribution in [2.45, 2.75) is 31.9 Å². The van der Waals surface area contributed by atoms with Crippen LogP contribution in [0.2, 0.25) is 0 Å². The van der Waals surface area contributed by atoms with E-state index in [0.29, 0.717) is 12.8 Å². The second-order valence-corrected chi connectivity index (χ2v) is 7.58. The van der Waals surface area contributed by atoms with Gasteiger partial charge < -0.3 is 9.64 Å². The van der Waals surface area contributed by atoms with Gasteiger partial charge in [0.2, 0.25) is 5.91 Å². The molecule has 1 saturated heterocycles. The highest BCUT2D eigenvalue weighted by molar-refractivity contribution is 5.82. The SMILES string of the molecule is CC(OC(=O)C1CCC(=O)N(C)C1c1cnn(C)c1)c1cnc2ccccc2c1. The van der Waals surface area contributed by atoms with E-state index in [9.17, 15) is 9.59 Å². The van der Waals surface area contributed by atoms with Crippen LogP contribution in [0.15, 0.2) is 48.9 Å². The number of ether oxygens (including phenoxy) is 1. The Hall–Kier alpha value is -3.22. The first-order chi connectivity index (χ1) is 13.9. The van der Waals surface area contributed by atoms with Crippen LogP contribution >= 0.6 is 0 Å². The van der Waals surface area contributed by atoms with E-state index in [2.05, 4.69) is 10.1 Å². The van der Waals surface area contributed by atoms with Crippen molar-refractivity contribution in [1.29, 1.82) is 0 Å². The number of piperidine rings is 1. The largest absolute Gasteiger partial charge is 0.457 e. The molecule has 3 aromatic rings. The minimum atomic E-state index is -0.433. The summed E-state index contributed by atoms with van der Waals surface area (Å²) < 4.78 is 7.50. The molecule has 7 heteroatoms. The highest BCUT2D eigenvalue weighted by atomic mass is 16.5. The van der Waals surface area contributed by atoms with Gasteiger partial charge in [0.05, 0.1) is 23.7 Å². The Labute approximate surface area is 169 Å². The molecule has 1 aliphatic heterocycles. The number of benzene rings is 1. The fourth-order valence-electron chi connectivity index (χ4n) is 3.97. The number of aryl methyl sites for hydroxylation is 1. The first kappa shape index (κ1) is 19.1. The van der Waals surface area contributed by atoms with E-state index in [4.69, 9.17) is 4.74 Å². The number of para-hydroxylation sites is 1. The number of amides is 1. The maximum absolute atomic E-state index is 13.1. The van der Waals surface area contributed by atoms with Crippen LogP contribution in [0.3, 0.4) is 0 Å². The van der Waals surface area contributed by atoms with Crippen LogP contribution in [0.5, 0.6) is 0 Å². The van der Waals surface area contributed by atoms with E-state index >= 15 is 0 Å². The van der Waals surface area contributed by atoms with Gasteiger partial charge in [0.1, 0.15) is 6.10 Å². The van der Waals surface area contributed by atoms with E-state index in [1.165, 1.54) is 0 Å². The highest BCUT2D eigenvalue weighted by Crippen LogP contribution is 2.37. The zero-order valence-electron chi connectivity index (χ0n) is 16.8. The molecular formula is C22H24N4O3. The van der Waals surface area contributed by atoms with Gasteiger partial charge in [-0.25, -0.2) is 0 Å². The number of nitrogens with zero attached hydrogens (tertiary/aromatic N) is 4. The predicted molar refractivity (Wildman–Crippen MR) is 108 cm³/mol. The zero-order chi connectivity index (χ0) is 20.5. The van der Waals surface area contributed by atoms with Crippen molar-refractivity contribution in [2.75, 3.05) is 7.05 Å². The van der Waals surface area contributed by atoms with Crippen molar-refractivity contribution in [3.63, 3.8) is 0 Å². The van der Waals surface area contributed by atoms with Crippen molar-refractivity contribution >= 4 is 22.8 Å². The predicted octanol–water partition coefficient (Wildman–Crippen LogP) is 3.18. The lowest BCUT2D eigenvalue weighted by Gasteiger charge is -2.37. The van der Waals surface area contributed by atoms with Crippen LogP contribution in [-0.2, 0) is 21.4 Å². The van der Waals surface area contributed by atoms with Gasteiger partial charge >= 0.3 is 5.97 Å². The summed E-state index contributed by atoms with van der Waals surface area (Å²) in [6, 6.07) is 9.45. The van der Waals surface area contributed by atoms with Crippen LogP contribution in [-0.4, -0.2) is 38.6 Å². The normalized spacial score (nSPS) is 20.7. The number of hydrogen-bond acceptors (Lipinski definition) is 5. The Morgan fingerprint density at radius 3 is 2.79 bits per heavy atom. The standard InChI is InChI=1S/C22H24N4O3/c1-14(16-10-15-6-4-5-7-19(15)23-11-16)29-22(28)18-8-9-20(27)26(3)21(18)17-12-24-25(2)13-17/h4-7,10-14,18,21H,8-9H2,1-3H3. The summed E-state index contributed by atoms with van der Waals surface area (Å²) in [6.45, 7) is 1.85. The molecule has 1 fully saturated rings. The second kappa shape index (κ2) is 7.66. The van der Waals surface area contributed by atoms with Crippen LogP contribution in [0.25, 0.3) is 10.9 Å². The Bertz CT molecular complexity index is 1060. The molecule has 1 amide bonds. The van der Waals surface area contributed by atoms with Crippen molar-refractivity contribution < 1.29 is 14.3 Å². The van der Waals surface area contributed by atoms with E-state index < -0.39 is 12.0 Å². The minimum Gasteiger partial charge on any atom is -0.457 e. The molecule has 0 spiro atoms. The van der Waals surface area contributed by atoms with E-state index in [1.54, 1.807) is 29.0 Å². The van der Waals surface area contributed by atoms with Crippen molar-refractivity contribution in [3.05, 3.63) is 60.0 Å². The molecule has 0 N–H and O–H groups in total. The zero-order valence-corrected chi connectivity index (χ0v) is 16.8. The number of rotatable bonds is 4. The number of carbonyl (C=O) groups excluding carboxylic acids is 2. The number of fused-ring (bicyclic) bond motifs is 1. The lowest BCUT2D eigenvalue weighted by Crippen LogP contribution is -2.43. The average molecular weight is 392 g/mol. The van der Waals surface area contributed by atoms with Crippen LogP contribution in [0, 0.1) is 5.92 Å². The second-order valence-electron chi connectivity index (χ2n) is 7.58. The smallest absolute Gasteiger partial charge is 0.312 e. The van der Waals surface area contributed by atoms with Crippen LogP contribution in [0.1, 0.15) is 43.0 Å². The maximum Gasteiger partial charge on any atom is 0.312 e. The fourth-order valence-corrected chi connectivity index (χ4v) is 3.97. The number of carbonyl (C=O) groups is 2. The van der Waals surface area contributed by atoms with Crippen molar-refractivity contribution in [2.24, 2.45) is 13.0 Å². The van der Waals surface area contributed by atoms with Gasteiger partial charge in [-0.3, -0.25) is 19.3 Å². The molecule has 2 aromatic heterocycles. The summed E-state index contributed by atoms with van der Waals surface area (Å²) >= 11 is 0. The first-order valence-corrected chi connectivity index (χ1v) is 9.73. The van der Waals surface area contributed by atoms with Gasteiger partial charge in [0.15, 0.2) is 0 Å². The molecule has 0 bridgehead atoms. The summed E-state index contributed by atoms with van der Waals surface area (Å²) in [6.07, 6.45) is 5.66. The molecule has 3 unspecified atom stereocenters. The monoisotopic (exact) mass is 392 g/mol. The quantitative estimate of drug-likeness (QED) is 0.638. The summed E-state index contributed by atoms with van der Waals surface area (Å²) in [4.78, 5) is 31.4. The van der Waals surface area contributed by atoms with Gasteiger partial charge in [-0.15, -0.1) is 0 Å². The number of aromatic nitrogens is 3. The molecule has 1 aromatic carbocycles. The summed E-state index contributed by atoms with van der Waals surface area (Å²) in [7, 11) is 3.55. The summed E-state index contributed by atoms with van der Waals surface area (Å²) in [5.41, 5.74) is 2.58. The molecule has 3 heterocycles. The van der Waals surface area contributed by atoms with Gasteiger partial charge in [0.25, 0.3) is 0 Å². The number of pyridine rings is 1. The van der Waals surface area contributed by atoms with E-state index in [0.717, 1.165) is 22.0 Å². The third kappa shape index (κ3) is 3.72. The molecule has 150 valence electrons. The molecule has 1 aliphatic rings. The van der Waals surface area contributed by atoms with E-state index in [1.807, 2.05) is 50.5 Å². The van der Waals surface area contributed by atoms with Crippen LogP contribution < -0.4 is 0 Å². The number of hydrogen-bond donors (Lipinski definition) is 0. The number of likely N-dealkylation sites (tertiary alicyclic amines) is 1. The molecule has 3 atom stereocenters. The minimum absolute atomic E-state index is 0.0229. The van der Waals surface area contributed by atoms with Gasteiger partial charge in [0, 0.05) is 49.4 Å². The maximum atomic E-state index is 13.1. The highest BCUT2D eigenvalue weighted by Gasteiger charge is 2.41. The molecule has 29 heavy (non-hydrogen) atoms. The third-order valence-electron chi connectivity index (χ3n) is 5.60. The Morgan fingerprint density at radius 1 is 1.24 bits per heavy atom. The van der Waals surface area contributed by atoms with Crippen LogP contribution in [0.4, 0.5) is 0 Å². The first-order valence-electron chi connectivity index (χ1n) is 9.73. The molecule has 0 radical (unpaired) electrons. The Balaban J connectivity index is 1.55. The lowest BCUT2D eigenvalue weighted by atomic mass is 9.86. The fraction of sp³-hybridized carbons (Fsp3) is 0.364. The summed E-state index contributed by atoms with van der Waals surface area (Å²) in [5.74, 6) is -0.716. The topological polar surface area (TPSA) is 77.3 Å². The summed E-state index contributed by atoms with van der Waals surface area (Å²) in [5, 5.41) is 5.20. The van der Waals surface area contributed by atoms with Gasteiger partial charge in [-0.2, -0.15) is 5.10 Å². The third-order valence-corrected chi connectivity index (χ3v) is 5.60. The van der Waals surface area contributed by atoms with Crippen molar-refractivity contribution in [1.82, 2.24) is 19.7 Å². The molecular weight excluding hydrogens is 368 g/mol. The Kier molecular flexibility index (Phi) is 5.05. The number of esters is 1. The molecule has 4 rings (SSSR count). The average Bonchev–Trinajstić information content (AvgIpc) is 3.15. The molecule has 0 saturated carbocycles. The van der Waals surface area contributed by atoms with Gasteiger partial charge in [-0.05, 0) is 25.5 Å². The van der Waals surface area contributed by atoms with Gasteiger partial charge in [-0.1, -0.05) is 18.2 Å². The molecule has 7 nitrogen and oxygen atoms in total. The Morgan fingerprint density at radius 2 is 2.03 bits per heavy atom. The van der Waals surface area contributed by atoms with Crippen molar-refractivity contribution in [3.8, 4) is 0 Å². The molecule has 0 aliphatic carbocycles. The lowest BCUT2D eigenvalue weighted by molar-refractivity contribution is -0.160. The van der Waals surface area contributed by atoms with E-state index in [-0.39, 0.29) is 17.9 Å².